The fraction of sp³-hybridized carbons (Fsp3) is 0.455. The summed E-state index contributed by atoms with van der Waals surface area (Å²) < 4.78 is 0. The lowest BCUT2D eigenvalue weighted by Gasteiger charge is -2.34. The number of rotatable bonds is 1. The van der Waals surface area contributed by atoms with Crippen LogP contribution in [0.3, 0.4) is 0 Å². The van der Waals surface area contributed by atoms with E-state index in [1.165, 1.54) is 0 Å². The third-order valence-electron chi connectivity index (χ3n) is 2.73. The molecule has 1 aromatic rings. The number of benzene rings is 1. The van der Waals surface area contributed by atoms with E-state index in [2.05, 4.69) is 16.8 Å². The maximum atomic E-state index is 9.67. The smallest absolute Gasteiger partial charge is 0.138 e. The molecule has 1 aliphatic rings. The largest absolute Gasteiger partial charge is 0.506 e. The van der Waals surface area contributed by atoms with Gasteiger partial charge in [0, 0.05) is 26.2 Å². The van der Waals surface area contributed by atoms with E-state index in [1.54, 1.807) is 6.07 Å². The summed E-state index contributed by atoms with van der Waals surface area (Å²) in [6, 6.07) is 7.54. The average molecular weight is 192 g/mol. The van der Waals surface area contributed by atoms with Crippen molar-refractivity contribution in [2.75, 3.05) is 38.1 Å². The number of phenols is 1. The summed E-state index contributed by atoms with van der Waals surface area (Å²) in [5.74, 6) is 0.386. The molecule has 0 aliphatic carbocycles. The summed E-state index contributed by atoms with van der Waals surface area (Å²) in [4.78, 5) is 4.53. The lowest BCUT2D eigenvalue weighted by molar-refractivity contribution is 0.311. The molecule has 0 aromatic heterocycles. The van der Waals surface area contributed by atoms with Crippen LogP contribution in [0.5, 0.6) is 5.75 Å². The van der Waals surface area contributed by atoms with Crippen molar-refractivity contribution in [3.63, 3.8) is 0 Å². The predicted octanol–water partition coefficient (Wildman–Crippen LogP) is 1.14. The second-order valence-electron chi connectivity index (χ2n) is 3.78. The molecular formula is C11H16N2O. The number of hydrogen-bond acceptors (Lipinski definition) is 3. The second-order valence-corrected chi connectivity index (χ2v) is 3.78. The van der Waals surface area contributed by atoms with Crippen LogP contribution in [0.4, 0.5) is 5.69 Å². The molecule has 76 valence electrons. The summed E-state index contributed by atoms with van der Waals surface area (Å²) in [5, 5.41) is 9.67. The highest BCUT2D eigenvalue weighted by Crippen LogP contribution is 2.26. The van der Waals surface area contributed by atoms with Gasteiger partial charge in [-0.25, -0.2) is 0 Å². The third kappa shape index (κ3) is 1.82. The first-order valence-corrected chi connectivity index (χ1v) is 4.99. The molecule has 0 bridgehead atoms. The van der Waals surface area contributed by atoms with Gasteiger partial charge in [0.25, 0.3) is 0 Å². The van der Waals surface area contributed by atoms with Gasteiger partial charge in [-0.3, -0.25) is 0 Å². The maximum Gasteiger partial charge on any atom is 0.138 e. The van der Waals surface area contributed by atoms with E-state index in [1.807, 2.05) is 18.2 Å². The molecule has 2 rings (SSSR count). The van der Waals surface area contributed by atoms with Gasteiger partial charge >= 0.3 is 0 Å². The molecule has 14 heavy (non-hydrogen) atoms. The van der Waals surface area contributed by atoms with Crippen LogP contribution in [0.2, 0.25) is 0 Å². The van der Waals surface area contributed by atoms with Gasteiger partial charge in [-0.05, 0) is 19.2 Å². The van der Waals surface area contributed by atoms with Crippen LogP contribution in [0.15, 0.2) is 24.3 Å². The highest BCUT2D eigenvalue weighted by Gasteiger charge is 2.15. The number of para-hydroxylation sites is 2. The summed E-state index contributed by atoms with van der Waals surface area (Å²) in [6.07, 6.45) is 0. The number of piperazine rings is 1. The van der Waals surface area contributed by atoms with E-state index in [9.17, 15) is 5.11 Å². The van der Waals surface area contributed by atoms with E-state index in [-0.39, 0.29) is 0 Å². The Kier molecular flexibility index (Phi) is 2.59. The van der Waals surface area contributed by atoms with Crippen molar-refractivity contribution in [3.05, 3.63) is 24.3 Å². The zero-order valence-corrected chi connectivity index (χ0v) is 8.48. The van der Waals surface area contributed by atoms with E-state index in [4.69, 9.17) is 0 Å². The zero-order chi connectivity index (χ0) is 9.97. The number of hydrogen-bond donors (Lipinski definition) is 1. The number of likely N-dealkylation sites (N-methyl/N-ethyl adjacent to an activating group) is 1. The Bertz CT molecular complexity index is 306. The van der Waals surface area contributed by atoms with Crippen LogP contribution < -0.4 is 4.90 Å². The number of phenolic OH excluding ortho intramolecular Hbond substituents is 1. The topological polar surface area (TPSA) is 26.7 Å². The quantitative estimate of drug-likeness (QED) is 0.723. The molecule has 0 atom stereocenters. The van der Waals surface area contributed by atoms with Crippen LogP contribution in [-0.2, 0) is 0 Å². The Morgan fingerprint density at radius 1 is 1.07 bits per heavy atom. The highest BCUT2D eigenvalue weighted by atomic mass is 16.3. The summed E-state index contributed by atoms with van der Waals surface area (Å²) in [7, 11) is 2.13. The van der Waals surface area contributed by atoms with E-state index < -0.39 is 0 Å². The maximum absolute atomic E-state index is 9.67. The number of anilines is 1. The number of nitrogens with zero attached hydrogens (tertiary/aromatic N) is 2. The molecule has 0 unspecified atom stereocenters. The van der Waals surface area contributed by atoms with Crippen LogP contribution in [0.1, 0.15) is 0 Å². The van der Waals surface area contributed by atoms with Crippen molar-refractivity contribution in [3.8, 4) is 5.75 Å². The molecule has 3 heteroatoms. The third-order valence-corrected chi connectivity index (χ3v) is 2.73. The van der Waals surface area contributed by atoms with Crippen LogP contribution in [0.25, 0.3) is 0 Å². The van der Waals surface area contributed by atoms with E-state index in [0.29, 0.717) is 5.75 Å². The molecule has 0 saturated carbocycles. The van der Waals surface area contributed by atoms with Crippen molar-refractivity contribution in [2.45, 2.75) is 0 Å². The lowest BCUT2D eigenvalue weighted by Crippen LogP contribution is -2.44. The summed E-state index contributed by atoms with van der Waals surface area (Å²) in [5.41, 5.74) is 0.959. The van der Waals surface area contributed by atoms with Crippen molar-refractivity contribution >= 4 is 5.69 Å². The first kappa shape index (κ1) is 9.34. The van der Waals surface area contributed by atoms with Crippen LogP contribution >= 0.6 is 0 Å². The van der Waals surface area contributed by atoms with Gasteiger partial charge in [0.2, 0.25) is 0 Å². The Labute approximate surface area is 84.6 Å². The normalized spacial score (nSPS) is 18.5. The van der Waals surface area contributed by atoms with E-state index in [0.717, 1.165) is 31.9 Å². The Balaban J connectivity index is 2.12. The molecule has 1 saturated heterocycles. The predicted molar refractivity (Wildman–Crippen MR) is 57.8 cm³/mol. The van der Waals surface area contributed by atoms with Gasteiger partial charge in [0.1, 0.15) is 5.75 Å². The van der Waals surface area contributed by atoms with Gasteiger partial charge in [0.15, 0.2) is 0 Å². The highest BCUT2D eigenvalue weighted by molar-refractivity contribution is 5.57. The standard InChI is InChI=1S/C11H16N2O/c1-12-6-8-13(9-7-12)10-4-2-3-5-11(10)14/h2-5,14H,6-9H2,1H3. The van der Waals surface area contributed by atoms with E-state index >= 15 is 0 Å². The van der Waals surface area contributed by atoms with Crippen molar-refractivity contribution in [2.24, 2.45) is 0 Å². The minimum Gasteiger partial charge on any atom is -0.506 e. The SMILES string of the molecule is CN1CCN(c2ccccc2O)CC1. The van der Waals surface area contributed by atoms with Crippen LogP contribution in [0, 0.1) is 0 Å². The number of aromatic hydroxyl groups is 1. The average Bonchev–Trinajstić information content (AvgIpc) is 2.20. The van der Waals surface area contributed by atoms with Crippen LogP contribution in [-0.4, -0.2) is 43.2 Å². The van der Waals surface area contributed by atoms with Gasteiger partial charge in [-0.15, -0.1) is 0 Å². The minimum atomic E-state index is 0.386. The van der Waals surface area contributed by atoms with Gasteiger partial charge in [-0.2, -0.15) is 0 Å². The van der Waals surface area contributed by atoms with Gasteiger partial charge in [-0.1, -0.05) is 12.1 Å². The van der Waals surface area contributed by atoms with Crippen molar-refractivity contribution in [1.29, 1.82) is 0 Å². The molecule has 0 radical (unpaired) electrons. The van der Waals surface area contributed by atoms with Gasteiger partial charge < -0.3 is 14.9 Å². The molecule has 1 heterocycles. The minimum absolute atomic E-state index is 0.386. The second kappa shape index (κ2) is 3.88. The fourth-order valence-electron chi connectivity index (χ4n) is 1.78. The molecule has 1 N–H and O–H groups in total. The molecule has 0 spiro atoms. The first-order chi connectivity index (χ1) is 6.77. The molecule has 1 aromatic carbocycles. The van der Waals surface area contributed by atoms with Crippen molar-refractivity contribution < 1.29 is 5.11 Å². The summed E-state index contributed by atoms with van der Waals surface area (Å²) in [6.45, 7) is 4.12. The molecule has 3 nitrogen and oxygen atoms in total. The lowest BCUT2D eigenvalue weighted by atomic mass is 10.2. The molecular weight excluding hydrogens is 176 g/mol. The molecule has 1 aliphatic heterocycles. The Hall–Kier alpha value is -1.22. The monoisotopic (exact) mass is 192 g/mol. The summed E-state index contributed by atoms with van der Waals surface area (Å²) >= 11 is 0. The fourth-order valence-corrected chi connectivity index (χ4v) is 1.78. The first-order valence-electron chi connectivity index (χ1n) is 4.99. The molecule has 1 fully saturated rings. The Morgan fingerprint density at radius 3 is 2.36 bits per heavy atom. The van der Waals surface area contributed by atoms with Gasteiger partial charge in [0.05, 0.1) is 5.69 Å². The Morgan fingerprint density at radius 2 is 1.71 bits per heavy atom. The molecule has 0 amide bonds. The van der Waals surface area contributed by atoms with Crippen molar-refractivity contribution in [1.82, 2.24) is 4.90 Å². The zero-order valence-electron chi connectivity index (χ0n) is 8.48.